The van der Waals surface area contributed by atoms with Gasteiger partial charge in [0.15, 0.2) is 0 Å². The minimum absolute atomic E-state index is 0.363. The van der Waals surface area contributed by atoms with Crippen LogP contribution in [0.25, 0.3) is 6.08 Å². The molecule has 23 heavy (non-hydrogen) atoms. The SMILES string of the molecule is O=C([O-])/C=C/c1ccccc1.O=C([O-])c1ccccc1C(=O)[O-]. The van der Waals surface area contributed by atoms with Crippen molar-refractivity contribution in [3.05, 3.63) is 77.4 Å². The maximum absolute atomic E-state index is 10.3. The summed E-state index contributed by atoms with van der Waals surface area (Å²) in [7, 11) is 0. The molecule has 2 aromatic rings. The minimum Gasteiger partial charge on any atom is -0.545 e. The van der Waals surface area contributed by atoms with Crippen molar-refractivity contribution in [2.75, 3.05) is 0 Å². The summed E-state index contributed by atoms with van der Waals surface area (Å²) in [5.74, 6) is -4.21. The molecule has 0 unspecified atom stereocenters. The Morgan fingerprint density at radius 3 is 1.52 bits per heavy atom. The maximum Gasteiger partial charge on any atom is 0.0721 e. The predicted octanol–water partition coefficient (Wildman–Crippen LogP) is -1.14. The van der Waals surface area contributed by atoms with E-state index in [1.54, 1.807) is 0 Å². The van der Waals surface area contributed by atoms with E-state index in [9.17, 15) is 29.7 Å². The van der Waals surface area contributed by atoms with Gasteiger partial charge in [-0.1, -0.05) is 60.7 Å². The topological polar surface area (TPSA) is 120 Å². The van der Waals surface area contributed by atoms with Crippen molar-refractivity contribution in [3.63, 3.8) is 0 Å². The average molecular weight is 311 g/mol. The van der Waals surface area contributed by atoms with Gasteiger partial charge in [0.05, 0.1) is 17.9 Å². The highest BCUT2D eigenvalue weighted by molar-refractivity contribution is 5.99. The lowest BCUT2D eigenvalue weighted by molar-refractivity contribution is -0.297. The van der Waals surface area contributed by atoms with E-state index in [4.69, 9.17) is 0 Å². The van der Waals surface area contributed by atoms with Gasteiger partial charge in [0, 0.05) is 11.1 Å². The molecule has 0 saturated carbocycles. The first-order valence-corrected chi connectivity index (χ1v) is 6.37. The number of hydrogen-bond acceptors (Lipinski definition) is 6. The Labute approximate surface area is 131 Å². The van der Waals surface area contributed by atoms with Crippen LogP contribution in [0.5, 0.6) is 0 Å². The molecule has 0 saturated heterocycles. The van der Waals surface area contributed by atoms with Gasteiger partial charge in [0.1, 0.15) is 0 Å². The highest BCUT2D eigenvalue weighted by atomic mass is 16.4. The number of benzene rings is 2. The van der Waals surface area contributed by atoms with Crippen molar-refractivity contribution in [1.82, 2.24) is 0 Å². The minimum atomic E-state index is -1.52. The second-order valence-electron chi connectivity index (χ2n) is 4.18. The molecular formula is C17H11O6-3. The third-order valence-corrected chi connectivity index (χ3v) is 2.58. The summed E-state index contributed by atoms with van der Waals surface area (Å²) in [6, 6.07) is 14.3. The van der Waals surface area contributed by atoms with Crippen LogP contribution in [0.4, 0.5) is 0 Å². The molecule has 0 aliphatic carbocycles. The molecule has 2 rings (SSSR count). The number of rotatable bonds is 4. The van der Waals surface area contributed by atoms with Crippen molar-refractivity contribution in [3.8, 4) is 0 Å². The lowest BCUT2D eigenvalue weighted by Gasteiger charge is -2.09. The fraction of sp³-hybridized carbons (Fsp3) is 0. The lowest BCUT2D eigenvalue weighted by Crippen LogP contribution is -2.29. The number of aromatic carboxylic acids is 2. The number of aliphatic carboxylic acids is 1. The van der Waals surface area contributed by atoms with Crippen molar-refractivity contribution >= 4 is 24.0 Å². The van der Waals surface area contributed by atoms with Crippen LogP contribution in [-0.2, 0) is 4.79 Å². The van der Waals surface area contributed by atoms with Crippen LogP contribution in [0.2, 0.25) is 0 Å². The molecule has 6 nitrogen and oxygen atoms in total. The second-order valence-corrected chi connectivity index (χ2v) is 4.18. The third-order valence-electron chi connectivity index (χ3n) is 2.58. The summed E-state index contributed by atoms with van der Waals surface area (Å²) in [4.78, 5) is 30.6. The highest BCUT2D eigenvalue weighted by Gasteiger charge is 2.01. The summed E-state index contributed by atoms with van der Waals surface area (Å²) in [6.07, 6.45) is 2.50. The summed E-state index contributed by atoms with van der Waals surface area (Å²) in [5.41, 5.74) is 0.131. The quantitative estimate of drug-likeness (QED) is 0.658. The molecular weight excluding hydrogens is 300 g/mol. The first kappa shape index (κ1) is 17.6. The molecule has 0 N–H and O–H groups in total. The van der Waals surface area contributed by atoms with E-state index in [0.29, 0.717) is 0 Å². The van der Waals surface area contributed by atoms with Gasteiger partial charge in [-0.15, -0.1) is 0 Å². The van der Waals surface area contributed by atoms with E-state index in [2.05, 4.69) is 0 Å². The van der Waals surface area contributed by atoms with Crippen LogP contribution >= 0.6 is 0 Å². The predicted molar refractivity (Wildman–Crippen MR) is 75.6 cm³/mol. The van der Waals surface area contributed by atoms with Crippen molar-refractivity contribution in [2.24, 2.45) is 0 Å². The lowest BCUT2D eigenvalue weighted by atomic mass is 10.1. The number of hydrogen-bond donors (Lipinski definition) is 0. The number of carbonyl (C=O) groups is 3. The zero-order chi connectivity index (χ0) is 17.2. The van der Waals surface area contributed by atoms with Gasteiger partial charge in [0.2, 0.25) is 0 Å². The molecule has 0 bridgehead atoms. The number of carboxylic acid groups (broad SMARTS) is 3. The molecule has 0 aromatic heterocycles. The zero-order valence-electron chi connectivity index (χ0n) is 11.8. The Morgan fingerprint density at radius 1 is 0.696 bits per heavy atom. The molecule has 0 aliphatic rings. The van der Waals surface area contributed by atoms with Crippen LogP contribution in [0, 0.1) is 0 Å². The largest absolute Gasteiger partial charge is 0.545 e. The fourth-order valence-electron chi connectivity index (χ4n) is 1.57. The highest BCUT2D eigenvalue weighted by Crippen LogP contribution is 2.05. The Morgan fingerprint density at radius 2 is 1.13 bits per heavy atom. The second kappa shape index (κ2) is 8.78. The molecule has 6 heteroatoms. The Balaban J connectivity index is 0.000000231. The maximum atomic E-state index is 10.3. The van der Waals surface area contributed by atoms with Crippen LogP contribution < -0.4 is 15.3 Å². The van der Waals surface area contributed by atoms with E-state index in [1.165, 1.54) is 18.2 Å². The van der Waals surface area contributed by atoms with Gasteiger partial charge in [-0.2, -0.15) is 0 Å². The molecule has 0 heterocycles. The van der Waals surface area contributed by atoms with E-state index in [1.807, 2.05) is 30.3 Å². The molecule has 0 fully saturated rings. The van der Waals surface area contributed by atoms with Gasteiger partial charge < -0.3 is 29.7 Å². The van der Waals surface area contributed by atoms with Gasteiger partial charge >= 0.3 is 0 Å². The smallest absolute Gasteiger partial charge is 0.0721 e. The van der Waals surface area contributed by atoms with Crippen molar-refractivity contribution in [1.29, 1.82) is 0 Å². The van der Waals surface area contributed by atoms with Crippen molar-refractivity contribution < 1.29 is 29.7 Å². The standard InChI is InChI=1S/C9H8O2.C8H6O4/c10-9(11)7-6-8-4-2-1-3-5-8;9-7(10)5-3-1-2-4-6(5)8(11)12/h1-7H,(H,10,11);1-4H,(H,9,10)(H,11,12)/p-3/b7-6+;. The normalized spacial score (nSPS) is 9.74. The molecule has 0 amide bonds. The molecule has 118 valence electrons. The Bertz CT molecular complexity index is 686. The van der Waals surface area contributed by atoms with E-state index in [-0.39, 0.29) is 11.1 Å². The number of carbonyl (C=O) groups excluding carboxylic acids is 3. The Kier molecular flexibility index (Phi) is 6.74. The van der Waals surface area contributed by atoms with Crippen LogP contribution in [0.1, 0.15) is 26.3 Å². The molecule has 0 radical (unpaired) electrons. The van der Waals surface area contributed by atoms with Crippen molar-refractivity contribution in [2.45, 2.75) is 0 Å². The van der Waals surface area contributed by atoms with E-state index >= 15 is 0 Å². The Hall–Kier alpha value is -3.41. The van der Waals surface area contributed by atoms with E-state index in [0.717, 1.165) is 23.8 Å². The average Bonchev–Trinajstić information content (AvgIpc) is 2.54. The fourth-order valence-corrected chi connectivity index (χ4v) is 1.57. The summed E-state index contributed by atoms with van der Waals surface area (Å²) in [6.45, 7) is 0. The number of carboxylic acids is 3. The molecule has 0 aliphatic heterocycles. The summed E-state index contributed by atoms with van der Waals surface area (Å²) < 4.78 is 0. The van der Waals surface area contributed by atoms with Crippen LogP contribution in [-0.4, -0.2) is 17.9 Å². The van der Waals surface area contributed by atoms with Gasteiger partial charge in [0.25, 0.3) is 0 Å². The van der Waals surface area contributed by atoms with Gasteiger partial charge in [-0.25, -0.2) is 0 Å². The van der Waals surface area contributed by atoms with Gasteiger partial charge in [-0.05, 0) is 11.6 Å². The third kappa shape index (κ3) is 6.26. The van der Waals surface area contributed by atoms with Gasteiger partial charge in [-0.3, -0.25) is 0 Å². The summed E-state index contributed by atoms with van der Waals surface area (Å²) in [5, 5.41) is 30.6. The monoisotopic (exact) mass is 311 g/mol. The first-order chi connectivity index (χ1) is 10.9. The molecule has 0 atom stereocenters. The zero-order valence-corrected chi connectivity index (χ0v) is 11.8. The van der Waals surface area contributed by atoms with E-state index < -0.39 is 17.9 Å². The molecule has 0 spiro atoms. The molecule has 2 aromatic carbocycles. The van der Waals surface area contributed by atoms with Crippen LogP contribution in [0.3, 0.4) is 0 Å². The van der Waals surface area contributed by atoms with Crippen LogP contribution in [0.15, 0.2) is 60.7 Å². The summed E-state index contributed by atoms with van der Waals surface area (Å²) >= 11 is 0. The first-order valence-electron chi connectivity index (χ1n) is 6.37.